The molecule has 122 valence electrons. The molecule has 1 aliphatic rings. The molecule has 0 spiro atoms. The molecule has 0 unspecified atom stereocenters. The Morgan fingerprint density at radius 2 is 1.77 bits per heavy atom. The number of benzene rings is 1. The van der Waals surface area contributed by atoms with Gasteiger partial charge in [-0.2, -0.15) is 0 Å². The quantitative estimate of drug-likeness (QED) is 0.880. The first-order chi connectivity index (χ1) is 9.91. The first kappa shape index (κ1) is 18.7. The minimum atomic E-state index is -0.637. The summed E-state index contributed by atoms with van der Waals surface area (Å²) in [6.45, 7) is 3.07. The second kappa shape index (κ2) is 7.76. The van der Waals surface area contributed by atoms with Crippen LogP contribution in [0.5, 0.6) is 0 Å². The lowest BCUT2D eigenvalue weighted by Crippen LogP contribution is -2.53. The van der Waals surface area contributed by atoms with Gasteiger partial charge in [0.15, 0.2) is 0 Å². The Bertz CT molecular complexity index is 541. The van der Waals surface area contributed by atoms with Crippen LogP contribution in [-0.2, 0) is 4.79 Å². The first-order valence-corrected chi connectivity index (χ1v) is 7.07. The number of nitrogens with zero attached hydrogens (tertiary/aromatic N) is 2. The van der Waals surface area contributed by atoms with Gasteiger partial charge in [0.25, 0.3) is 5.91 Å². The Hall–Kier alpha value is -1.37. The summed E-state index contributed by atoms with van der Waals surface area (Å²) in [5.41, 5.74) is 5.43. The summed E-state index contributed by atoms with van der Waals surface area (Å²) >= 11 is 5.90. The summed E-state index contributed by atoms with van der Waals surface area (Å²) in [7, 11) is 0. The summed E-state index contributed by atoms with van der Waals surface area (Å²) < 4.78 is 13.8. The van der Waals surface area contributed by atoms with Crippen LogP contribution in [0.3, 0.4) is 0 Å². The number of amides is 2. The number of carbonyl (C=O) groups is 2. The Kier molecular flexibility index (Phi) is 6.59. The third-order valence-electron chi connectivity index (χ3n) is 3.44. The van der Waals surface area contributed by atoms with Crippen LogP contribution in [0.15, 0.2) is 18.2 Å². The van der Waals surface area contributed by atoms with Crippen molar-refractivity contribution in [2.24, 2.45) is 5.73 Å². The number of rotatable bonds is 2. The average molecular weight is 350 g/mol. The molecule has 0 aliphatic carbocycles. The van der Waals surface area contributed by atoms with Crippen LogP contribution < -0.4 is 5.73 Å². The molecule has 1 aliphatic heterocycles. The van der Waals surface area contributed by atoms with Crippen LogP contribution in [0.4, 0.5) is 4.39 Å². The van der Waals surface area contributed by atoms with Crippen LogP contribution in [-0.4, -0.2) is 53.8 Å². The van der Waals surface area contributed by atoms with Gasteiger partial charge in [0.1, 0.15) is 5.82 Å². The summed E-state index contributed by atoms with van der Waals surface area (Å²) in [6.07, 6.45) is 0. The largest absolute Gasteiger partial charge is 0.338 e. The van der Waals surface area contributed by atoms with Crippen molar-refractivity contribution in [3.63, 3.8) is 0 Å². The summed E-state index contributed by atoms with van der Waals surface area (Å²) in [6, 6.07) is 3.57. The number of carbonyl (C=O) groups excluding carboxylic acids is 2. The van der Waals surface area contributed by atoms with Gasteiger partial charge >= 0.3 is 0 Å². The zero-order valence-corrected chi connectivity index (χ0v) is 13.7. The third kappa shape index (κ3) is 3.88. The highest BCUT2D eigenvalue weighted by molar-refractivity contribution is 6.33. The number of nitrogens with two attached hydrogens (primary N) is 1. The van der Waals surface area contributed by atoms with Crippen LogP contribution >= 0.6 is 24.0 Å². The molecule has 1 heterocycles. The molecule has 0 bridgehead atoms. The van der Waals surface area contributed by atoms with Crippen LogP contribution in [0.1, 0.15) is 17.3 Å². The molecule has 0 aromatic heterocycles. The van der Waals surface area contributed by atoms with Crippen molar-refractivity contribution in [2.75, 3.05) is 26.2 Å². The number of hydrogen-bond donors (Lipinski definition) is 1. The van der Waals surface area contributed by atoms with Crippen LogP contribution in [0.2, 0.25) is 5.02 Å². The van der Waals surface area contributed by atoms with Crippen molar-refractivity contribution in [3.05, 3.63) is 34.6 Å². The fraction of sp³-hybridized carbons (Fsp3) is 0.429. The molecule has 5 nitrogen and oxygen atoms in total. The molecule has 1 saturated heterocycles. The van der Waals surface area contributed by atoms with Gasteiger partial charge in [0, 0.05) is 26.2 Å². The standard InChI is InChI=1S/C14H17ClFN3O2.ClH/c1-9(17)13(20)18-5-7-19(8-6-18)14(21)12-10(15)3-2-4-11(12)16;/h2-4,9H,5-8,17H2,1H3;1H/t9-;/m1./s1. The first-order valence-electron chi connectivity index (χ1n) is 6.69. The average Bonchev–Trinajstić information content (AvgIpc) is 2.46. The maximum absolute atomic E-state index is 13.8. The second-order valence-corrected chi connectivity index (χ2v) is 5.41. The molecular formula is C14H18Cl2FN3O2. The fourth-order valence-electron chi connectivity index (χ4n) is 2.28. The van der Waals surface area contributed by atoms with Crippen molar-refractivity contribution < 1.29 is 14.0 Å². The van der Waals surface area contributed by atoms with E-state index in [9.17, 15) is 14.0 Å². The highest BCUT2D eigenvalue weighted by Crippen LogP contribution is 2.21. The van der Waals surface area contributed by atoms with Crippen molar-refractivity contribution in [1.29, 1.82) is 0 Å². The van der Waals surface area contributed by atoms with Crippen molar-refractivity contribution in [2.45, 2.75) is 13.0 Å². The van der Waals surface area contributed by atoms with E-state index >= 15 is 0 Å². The molecule has 2 rings (SSSR count). The molecule has 8 heteroatoms. The molecule has 2 N–H and O–H groups in total. The second-order valence-electron chi connectivity index (χ2n) is 5.00. The Labute approximate surface area is 139 Å². The zero-order chi connectivity index (χ0) is 15.6. The lowest BCUT2D eigenvalue weighted by Gasteiger charge is -2.35. The van der Waals surface area contributed by atoms with E-state index in [1.54, 1.807) is 11.8 Å². The van der Waals surface area contributed by atoms with Crippen LogP contribution in [0.25, 0.3) is 0 Å². The van der Waals surface area contributed by atoms with Gasteiger partial charge < -0.3 is 15.5 Å². The number of halogens is 3. The molecular weight excluding hydrogens is 332 g/mol. The molecule has 22 heavy (non-hydrogen) atoms. The summed E-state index contributed by atoms with van der Waals surface area (Å²) in [4.78, 5) is 27.2. The van der Waals surface area contributed by atoms with E-state index in [4.69, 9.17) is 17.3 Å². The van der Waals surface area contributed by atoms with Gasteiger partial charge in [-0.3, -0.25) is 9.59 Å². The summed E-state index contributed by atoms with van der Waals surface area (Å²) in [5.74, 6) is -1.24. The van der Waals surface area contributed by atoms with E-state index in [0.29, 0.717) is 26.2 Å². The molecule has 0 radical (unpaired) electrons. The Morgan fingerprint density at radius 1 is 1.23 bits per heavy atom. The normalized spacial score (nSPS) is 16.0. The maximum Gasteiger partial charge on any atom is 0.258 e. The Morgan fingerprint density at radius 3 is 2.27 bits per heavy atom. The molecule has 1 fully saturated rings. The lowest BCUT2D eigenvalue weighted by atomic mass is 10.1. The van der Waals surface area contributed by atoms with Gasteiger partial charge in [-0.15, -0.1) is 12.4 Å². The van der Waals surface area contributed by atoms with Crippen molar-refractivity contribution in [1.82, 2.24) is 9.80 Å². The van der Waals surface area contributed by atoms with E-state index in [0.717, 1.165) is 0 Å². The highest BCUT2D eigenvalue weighted by Gasteiger charge is 2.28. The predicted octanol–water partition coefficient (Wildman–Crippen LogP) is 1.53. The van der Waals surface area contributed by atoms with Gasteiger partial charge in [-0.05, 0) is 19.1 Å². The molecule has 1 atom stereocenters. The van der Waals surface area contributed by atoms with Gasteiger partial charge in [-0.25, -0.2) is 4.39 Å². The Balaban J connectivity index is 0.00000242. The van der Waals surface area contributed by atoms with Crippen molar-refractivity contribution >= 4 is 35.8 Å². The SMILES string of the molecule is C[C@@H](N)C(=O)N1CCN(C(=O)c2c(F)cccc2Cl)CC1.Cl. The zero-order valence-electron chi connectivity index (χ0n) is 12.1. The number of piperazine rings is 1. The van der Waals surface area contributed by atoms with E-state index in [-0.39, 0.29) is 28.9 Å². The smallest absolute Gasteiger partial charge is 0.258 e. The molecule has 2 amide bonds. The topological polar surface area (TPSA) is 66.6 Å². The highest BCUT2D eigenvalue weighted by atomic mass is 35.5. The van der Waals surface area contributed by atoms with Crippen LogP contribution in [0, 0.1) is 5.82 Å². The van der Waals surface area contributed by atoms with Gasteiger partial charge in [0.2, 0.25) is 5.91 Å². The lowest BCUT2D eigenvalue weighted by molar-refractivity contribution is -0.133. The monoisotopic (exact) mass is 349 g/mol. The summed E-state index contributed by atoms with van der Waals surface area (Å²) in [5, 5.41) is 0.0917. The number of hydrogen-bond acceptors (Lipinski definition) is 3. The maximum atomic E-state index is 13.8. The van der Waals surface area contributed by atoms with E-state index < -0.39 is 17.8 Å². The molecule has 1 aromatic rings. The third-order valence-corrected chi connectivity index (χ3v) is 3.76. The predicted molar refractivity (Wildman–Crippen MR) is 84.8 cm³/mol. The van der Waals surface area contributed by atoms with E-state index in [1.807, 2.05) is 0 Å². The minimum Gasteiger partial charge on any atom is -0.338 e. The molecule has 0 saturated carbocycles. The van der Waals surface area contributed by atoms with Gasteiger partial charge in [0.05, 0.1) is 16.6 Å². The minimum absolute atomic E-state index is 0. The molecule has 1 aromatic carbocycles. The van der Waals surface area contributed by atoms with Gasteiger partial charge in [-0.1, -0.05) is 17.7 Å². The van der Waals surface area contributed by atoms with Crippen molar-refractivity contribution in [3.8, 4) is 0 Å². The fourth-order valence-corrected chi connectivity index (χ4v) is 2.52. The van der Waals surface area contributed by atoms with E-state index in [1.165, 1.54) is 23.1 Å². The van der Waals surface area contributed by atoms with E-state index in [2.05, 4.69) is 0 Å².